The van der Waals surface area contributed by atoms with Crippen molar-refractivity contribution < 1.29 is 13.2 Å². The molecular weight excluding hydrogens is 346 g/mol. The fraction of sp³-hybridized carbons (Fsp3) is 0.143. The van der Waals surface area contributed by atoms with Gasteiger partial charge in [-0.3, -0.25) is 0 Å². The maximum Gasteiger partial charge on any atom is 0.241 e. The van der Waals surface area contributed by atoms with Gasteiger partial charge in [0.1, 0.15) is 11.8 Å². The van der Waals surface area contributed by atoms with E-state index in [0.29, 0.717) is 5.76 Å². The summed E-state index contributed by atoms with van der Waals surface area (Å²) in [5, 5.41) is 1.97. The highest BCUT2D eigenvalue weighted by Crippen LogP contribution is 2.30. The van der Waals surface area contributed by atoms with E-state index in [-0.39, 0.29) is 4.90 Å². The number of benzene rings is 3. The zero-order chi connectivity index (χ0) is 18.7. The van der Waals surface area contributed by atoms with Crippen LogP contribution >= 0.6 is 0 Å². The minimum atomic E-state index is -3.74. The zero-order valence-electron chi connectivity index (χ0n) is 14.8. The van der Waals surface area contributed by atoms with Crippen LogP contribution < -0.4 is 4.72 Å². The van der Waals surface area contributed by atoms with Gasteiger partial charge in [-0.05, 0) is 35.4 Å². The largest absolute Gasteiger partial charge is 0.500 e. The summed E-state index contributed by atoms with van der Waals surface area (Å²) in [4.78, 5) is 0.206. The van der Waals surface area contributed by atoms with Crippen molar-refractivity contribution in [1.29, 1.82) is 0 Å². The summed E-state index contributed by atoms with van der Waals surface area (Å²) in [5.74, 6) is 0.331. The Hall–Kier alpha value is -2.63. The van der Waals surface area contributed by atoms with Crippen LogP contribution in [0.4, 0.5) is 0 Å². The van der Waals surface area contributed by atoms with E-state index < -0.39 is 16.1 Å². The van der Waals surface area contributed by atoms with E-state index in [9.17, 15) is 8.42 Å². The van der Waals surface area contributed by atoms with E-state index >= 15 is 0 Å². The Bertz CT molecular complexity index is 1040. The molecule has 0 heterocycles. The van der Waals surface area contributed by atoms with Gasteiger partial charge in [0.25, 0.3) is 0 Å². The van der Waals surface area contributed by atoms with Gasteiger partial charge >= 0.3 is 0 Å². The lowest BCUT2D eigenvalue weighted by molar-refractivity contribution is 0.262. The smallest absolute Gasteiger partial charge is 0.241 e. The van der Waals surface area contributed by atoms with Crippen LogP contribution in [-0.4, -0.2) is 15.5 Å². The van der Waals surface area contributed by atoms with Crippen molar-refractivity contribution in [3.05, 3.63) is 90.2 Å². The molecular formula is C21H21NO3S. The van der Waals surface area contributed by atoms with Crippen LogP contribution in [0.3, 0.4) is 0 Å². The molecule has 1 atom stereocenters. The van der Waals surface area contributed by atoms with Gasteiger partial charge < -0.3 is 4.74 Å². The number of methoxy groups -OCH3 is 1. The van der Waals surface area contributed by atoms with Gasteiger partial charge in [0.15, 0.2) is 0 Å². The summed E-state index contributed by atoms with van der Waals surface area (Å²) in [6.07, 6.45) is 0. The molecule has 3 aromatic rings. The average Bonchev–Trinajstić information content (AvgIpc) is 2.65. The molecule has 0 fully saturated rings. The molecule has 0 saturated carbocycles. The normalized spacial score (nSPS) is 12.7. The number of rotatable bonds is 6. The van der Waals surface area contributed by atoms with Crippen molar-refractivity contribution in [2.45, 2.75) is 17.9 Å². The van der Waals surface area contributed by atoms with Crippen molar-refractivity contribution in [2.24, 2.45) is 0 Å². The van der Waals surface area contributed by atoms with Gasteiger partial charge in [-0.25, -0.2) is 8.42 Å². The first-order valence-corrected chi connectivity index (χ1v) is 9.70. The third kappa shape index (κ3) is 3.64. The first-order chi connectivity index (χ1) is 12.4. The third-order valence-corrected chi connectivity index (χ3v) is 5.76. The molecule has 0 radical (unpaired) electrons. The minimum Gasteiger partial charge on any atom is -0.500 e. The molecule has 0 saturated heterocycles. The minimum absolute atomic E-state index is 0.206. The van der Waals surface area contributed by atoms with E-state index in [4.69, 9.17) is 4.74 Å². The molecule has 134 valence electrons. The lowest BCUT2D eigenvalue weighted by Crippen LogP contribution is -2.30. The van der Waals surface area contributed by atoms with Crippen LogP contribution in [-0.2, 0) is 14.8 Å². The Labute approximate surface area is 154 Å². The standard InChI is InChI=1S/C21H21NO3S/c1-15-11-13-18(14-12-15)26(23,24)22-21(16(2)25-3)20-10-6-8-17-7-4-5-9-19(17)20/h4-14,21-22H,2H2,1,3H3. The van der Waals surface area contributed by atoms with Crippen LogP contribution in [0.25, 0.3) is 10.8 Å². The van der Waals surface area contributed by atoms with Gasteiger partial charge in [0.05, 0.1) is 12.0 Å². The van der Waals surface area contributed by atoms with Gasteiger partial charge in [-0.2, -0.15) is 4.72 Å². The Morgan fingerprint density at radius 3 is 2.35 bits per heavy atom. The number of ether oxygens (including phenoxy) is 1. The molecule has 0 bridgehead atoms. The maximum absolute atomic E-state index is 12.9. The second kappa shape index (κ2) is 7.32. The number of nitrogens with one attached hydrogen (secondary N) is 1. The third-order valence-electron chi connectivity index (χ3n) is 4.32. The fourth-order valence-corrected chi connectivity index (χ4v) is 4.06. The lowest BCUT2D eigenvalue weighted by atomic mass is 9.98. The zero-order valence-corrected chi connectivity index (χ0v) is 15.6. The highest BCUT2D eigenvalue weighted by molar-refractivity contribution is 7.89. The van der Waals surface area contributed by atoms with Gasteiger partial charge in [-0.15, -0.1) is 0 Å². The highest BCUT2D eigenvalue weighted by Gasteiger charge is 2.25. The molecule has 4 nitrogen and oxygen atoms in total. The molecule has 1 unspecified atom stereocenters. The fourth-order valence-electron chi connectivity index (χ4n) is 2.86. The van der Waals surface area contributed by atoms with Gasteiger partial charge in [0.2, 0.25) is 10.0 Å². The molecule has 5 heteroatoms. The first kappa shape index (κ1) is 18.2. The number of fused-ring (bicyclic) bond motifs is 1. The summed E-state index contributed by atoms with van der Waals surface area (Å²) in [6.45, 7) is 5.81. The van der Waals surface area contributed by atoms with Crippen molar-refractivity contribution in [2.75, 3.05) is 7.11 Å². The SMILES string of the molecule is C=C(OC)C(NS(=O)(=O)c1ccc(C)cc1)c1cccc2ccccc12. The summed E-state index contributed by atoms with van der Waals surface area (Å²) < 4.78 is 33.8. The van der Waals surface area contributed by atoms with Crippen molar-refractivity contribution in [3.63, 3.8) is 0 Å². The van der Waals surface area contributed by atoms with Gasteiger partial charge in [-0.1, -0.05) is 66.7 Å². The van der Waals surface area contributed by atoms with Crippen LogP contribution in [0.2, 0.25) is 0 Å². The number of sulfonamides is 1. The summed E-state index contributed by atoms with van der Waals surface area (Å²) in [6, 6.07) is 19.6. The summed E-state index contributed by atoms with van der Waals surface area (Å²) in [7, 11) is -2.25. The molecule has 26 heavy (non-hydrogen) atoms. The number of hydrogen-bond donors (Lipinski definition) is 1. The van der Waals surface area contributed by atoms with Crippen LogP contribution in [0.5, 0.6) is 0 Å². The average molecular weight is 367 g/mol. The highest BCUT2D eigenvalue weighted by atomic mass is 32.2. The van der Waals surface area contributed by atoms with Gasteiger partial charge in [0, 0.05) is 0 Å². The lowest BCUT2D eigenvalue weighted by Gasteiger charge is -2.22. The molecule has 1 N–H and O–H groups in total. The topological polar surface area (TPSA) is 55.4 Å². The molecule has 0 aliphatic rings. The Balaban J connectivity index is 2.07. The summed E-state index contributed by atoms with van der Waals surface area (Å²) >= 11 is 0. The van der Waals surface area contributed by atoms with Crippen molar-refractivity contribution in [1.82, 2.24) is 4.72 Å². The molecule has 3 rings (SSSR count). The number of hydrogen-bond acceptors (Lipinski definition) is 3. The molecule has 0 aliphatic heterocycles. The van der Waals surface area contributed by atoms with E-state index in [2.05, 4.69) is 11.3 Å². The molecule has 0 spiro atoms. The molecule has 0 aromatic heterocycles. The molecule has 0 amide bonds. The Morgan fingerprint density at radius 1 is 1.00 bits per heavy atom. The number of aryl methyl sites for hydroxylation is 1. The Morgan fingerprint density at radius 2 is 1.65 bits per heavy atom. The monoisotopic (exact) mass is 367 g/mol. The van der Waals surface area contributed by atoms with Crippen molar-refractivity contribution in [3.8, 4) is 0 Å². The first-order valence-electron chi connectivity index (χ1n) is 8.22. The van der Waals surface area contributed by atoms with E-state index in [1.807, 2.05) is 49.4 Å². The maximum atomic E-state index is 12.9. The summed E-state index contributed by atoms with van der Waals surface area (Å²) in [5.41, 5.74) is 1.79. The van der Waals surface area contributed by atoms with Crippen LogP contribution in [0.15, 0.2) is 84.0 Å². The van der Waals surface area contributed by atoms with Crippen LogP contribution in [0, 0.1) is 6.92 Å². The van der Waals surface area contributed by atoms with E-state index in [0.717, 1.165) is 21.9 Å². The second-order valence-corrected chi connectivity index (χ2v) is 7.82. The van der Waals surface area contributed by atoms with Crippen LogP contribution in [0.1, 0.15) is 17.2 Å². The quantitative estimate of drug-likeness (QED) is 0.660. The van der Waals surface area contributed by atoms with E-state index in [1.165, 1.54) is 7.11 Å². The predicted molar refractivity (Wildman–Crippen MR) is 104 cm³/mol. The predicted octanol–water partition coefficient (Wildman–Crippen LogP) is 4.33. The Kier molecular flexibility index (Phi) is 5.11. The molecule has 3 aromatic carbocycles. The van der Waals surface area contributed by atoms with Crippen molar-refractivity contribution >= 4 is 20.8 Å². The molecule has 0 aliphatic carbocycles. The second-order valence-electron chi connectivity index (χ2n) is 6.11. The van der Waals surface area contributed by atoms with E-state index in [1.54, 1.807) is 24.3 Å².